The molecule has 4 heteroatoms. The molecule has 0 fully saturated rings. The van der Waals surface area contributed by atoms with Gasteiger partial charge in [0, 0.05) is 11.8 Å². The van der Waals surface area contributed by atoms with Crippen LogP contribution in [0, 0.1) is 12.2 Å². The lowest BCUT2D eigenvalue weighted by atomic mass is 10.2. The topological polar surface area (TPSA) is 56.0 Å². The summed E-state index contributed by atoms with van der Waals surface area (Å²) in [6, 6.07) is 1.38. The fourth-order valence-electron chi connectivity index (χ4n) is 0.656. The number of hydrogen-bond acceptors (Lipinski definition) is 2. The number of nitrogens with zero attached hydrogens (tertiary/aromatic N) is 1. The van der Waals surface area contributed by atoms with E-state index >= 15 is 0 Å². The number of halogens is 1. The third kappa shape index (κ3) is 2.00. The quantitative estimate of drug-likeness (QED) is 0.662. The second kappa shape index (κ2) is 3.09. The Kier molecular flexibility index (Phi) is 2.15. The Hall–Kier alpha value is -1.45. The molecule has 0 saturated heterocycles. The van der Waals surface area contributed by atoms with Crippen LogP contribution in [0.5, 0.6) is 0 Å². The van der Waals surface area contributed by atoms with Gasteiger partial charge in [-0.1, -0.05) is 0 Å². The molecule has 0 aliphatic heterocycles. The number of aromatic nitrogens is 1. The Morgan fingerprint density at radius 3 is 3.00 bits per heavy atom. The van der Waals surface area contributed by atoms with Crippen molar-refractivity contribution < 1.29 is 9.18 Å². The number of pyridine rings is 1. The van der Waals surface area contributed by atoms with Crippen molar-refractivity contribution in [3.05, 3.63) is 36.3 Å². The predicted molar refractivity (Wildman–Crippen MR) is 36.8 cm³/mol. The first kappa shape index (κ1) is 7.65. The summed E-state index contributed by atoms with van der Waals surface area (Å²) in [4.78, 5) is 13.8. The lowest BCUT2D eigenvalue weighted by Gasteiger charge is -1.96. The third-order valence-corrected chi connectivity index (χ3v) is 1.10. The normalized spacial score (nSPS) is 9.55. The fourth-order valence-corrected chi connectivity index (χ4v) is 0.656. The number of primary amides is 1. The van der Waals surface area contributed by atoms with Gasteiger partial charge in [0.2, 0.25) is 5.91 Å². The second-order valence-electron chi connectivity index (χ2n) is 1.94. The van der Waals surface area contributed by atoms with E-state index < -0.39 is 11.7 Å². The van der Waals surface area contributed by atoms with Crippen molar-refractivity contribution in [2.45, 2.75) is 0 Å². The molecule has 0 unspecified atom stereocenters. The van der Waals surface area contributed by atoms with Gasteiger partial charge in [-0.05, 0) is 6.07 Å². The summed E-state index contributed by atoms with van der Waals surface area (Å²) in [5.74, 6) is -1.22. The highest BCUT2D eigenvalue weighted by Crippen LogP contribution is 2.05. The molecular formula is C7H6FN2O. The van der Waals surface area contributed by atoms with Crippen molar-refractivity contribution in [1.82, 2.24) is 4.98 Å². The number of carbonyl (C=O) groups excluding carboxylic acids is 1. The van der Waals surface area contributed by atoms with Gasteiger partial charge in [0.15, 0.2) is 0 Å². The van der Waals surface area contributed by atoms with Crippen LogP contribution in [0.2, 0.25) is 0 Å². The van der Waals surface area contributed by atoms with Crippen LogP contribution in [0.15, 0.2) is 18.5 Å². The van der Waals surface area contributed by atoms with E-state index in [4.69, 9.17) is 5.73 Å². The van der Waals surface area contributed by atoms with Gasteiger partial charge in [0.05, 0.1) is 12.6 Å². The number of hydrogen-bond donors (Lipinski definition) is 1. The molecular weight excluding hydrogens is 147 g/mol. The van der Waals surface area contributed by atoms with Crippen molar-refractivity contribution in [3.63, 3.8) is 0 Å². The number of rotatable bonds is 2. The van der Waals surface area contributed by atoms with Gasteiger partial charge in [0.1, 0.15) is 5.82 Å². The molecule has 0 aromatic carbocycles. The molecule has 1 aromatic heterocycles. The monoisotopic (exact) mass is 153 g/mol. The zero-order valence-electron chi connectivity index (χ0n) is 5.62. The van der Waals surface area contributed by atoms with E-state index in [1.54, 1.807) is 0 Å². The molecule has 1 radical (unpaired) electrons. The minimum Gasteiger partial charge on any atom is -0.369 e. The van der Waals surface area contributed by atoms with E-state index in [1.807, 2.05) is 0 Å². The van der Waals surface area contributed by atoms with Crippen LogP contribution in [0.1, 0.15) is 5.56 Å². The molecule has 11 heavy (non-hydrogen) atoms. The highest BCUT2D eigenvalue weighted by atomic mass is 19.1. The number of amides is 1. The van der Waals surface area contributed by atoms with Crippen molar-refractivity contribution in [1.29, 1.82) is 0 Å². The molecule has 0 spiro atoms. The van der Waals surface area contributed by atoms with Gasteiger partial charge >= 0.3 is 0 Å². The Morgan fingerprint density at radius 2 is 2.45 bits per heavy atom. The van der Waals surface area contributed by atoms with E-state index in [-0.39, 0.29) is 5.56 Å². The standard InChI is InChI=1S/C7H6FN2O/c8-6-4-10-2-1-5(6)3-7(9)11/h1-4H,(H2,9,11). The van der Waals surface area contributed by atoms with E-state index in [1.165, 1.54) is 12.3 Å². The summed E-state index contributed by atoms with van der Waals surface area (Å²) in [6.07, 6.45) is 3.42. The average molecular weight is 153 g/mol. The molecule has 0 bridgehead atoms. The number of carbonyl (C=O) groups is 1. The molecule has 0 aliphatic rings. The molecule has 1 aromatic rings. The van der Waals surface area contributed by atoms with Crippen molar-refractivity contribution in [2.75, 3.05) is 0 Å². The Morgan fingerprint density at radius 1 is 1.73 bits per heavy atom. The summed E-state index contributed by atoms with van der Waals surface area (Å²) in [6.45, 7) is 0. The lowest BCUT2D eigenvalue weighted by Crippen LogP contribution is -2.12. The van der Waals surface area contributed by atoms with Gasteiger partial charge in [0.25, 0.3) is 0 Å². The summed E-state index contributed by atoms with van der Waals surface area (Å²) >= 11 is 0. The number of nitrogens with two attached hydrogens (primary N) is 1. The molecule has 0 atom stereocenters. The summed E-state index contributed by atoms with van der Waals surface area (Å²) in [5.41, 5.74) is 4.97. The van der Waals surface area contributed by atoms with Gasteiger partial charge in [-0.2, -0.15) is 0 Å². The smallest absolute Gasteiger partial charge is 0.226 e. The Labute approximate surface area is 63.0 Å². The largest absolute Gasteiger partial charge is 0.369 e. The first-order valence-corrected chi connectivity index (χ1v) is 2.94. The van der Waals surface area contributed by atoms with E-state index in [2.05, 4.69) is 4.98 Å². The summed E-state index contributed by atoms with van der Waals surface area (Å²) < 4.78 is 12.6. The average Bonchev–Trinajstić information content (AvgIpc) is 1.93. The van der Waals surface area contributed by atoms with Gasteiger partial charge in [-0.25, -0.2) is 4.39 Å². The van der Waals surface area contributed by atoms with Crippen LogP contribution in [0.4, 0.5) is 4.39 Å². The molecule has 1 amide bonds. The maximum atomic E-state index is 12.6. The van der Waals surface area contributed by atoms with E-state index in [0.29, 0.717) is 0 Å². The summed E-state index contributed by atoms with van der Waals surface area (Å²) in [5, 5.41) is 0. The molecule has 1 heterocycles. The van der Waals surface area contributed by atoms with E-state index in [0.717, 1.165) is 12.6 Å². The van der Waals surface area contributed by atoms with Crippen LogP contribution in [0.25, 0.3) is 0 Å². The minimum atomic E-state index is -0.671. The Bertz CT molecular complexity index is 275. The molecule has 57 valence electrons. The molecule has 2 N–H and O–H groups in total. The third-order valence-electron chi connectivity index (χ3n) is 1.10. The zero-order chi connectivity index (χ0) is 8.27. The Balaban J connectivity index is 2.86. The molecule has 1 rings (SSSR count). The maximum absolute atomic E-state index is 12.6. The van der Waals surface area contributed by atoms with Crippen LogP contribution >= 0.6 is 0 Å². The summed E-state index contributed by atoms with van der Waals surface area (Å²) in [7, 11) is 0. The van der Waals surface area contributed by atoms with Crippen molar-refractivity contribution >= 4 is 5.91 Å². The lowest BCUT2D eigenvalue weighted by molar-refractivity contribution is -0.114. The van der Waals surface area contributed by atoms with Crippen LogP contribution in [-0.4, -0.2) is 10.9 Å². The second-order valence-corrected chi connectivity index (χ2v) is 1.94. The molecule has 0 aliphatic carbocycles. The van der Waals surface area contributed by atoms with E-state index in [9.17, 15) is 9.18 Å². The highest BCUT2D eigenvalue weighted by Gasteiger charge is 2.03. The highest BCUT2D eigenvalue weighted by molar-refractivity contribution is 5.86. The minimum absolute atomic E-state index is 0.160. The van der Waals surface area contributed by atoms with Crippen molar-refractivity contribution in [3.8, 4) is 0 Å². The first-order valence-electron chi connectivity index (χ1n) is 2.94. The van der Waals surface area contributed by atoms with Crippen LogP contribution in [-0.2, 0) is 4.79 Å². The zero-order valence-corrected chi connectivity index (χ0v) is 5.62. The van der Waals surface area contributed by atoms with Gasteiger partial charge in [-0.3, -0.25) is 9.78 Å². The van der Waals surface area contributed by atoms with Crippen molar-refractivity contribution in [2.24, 2.45) is 5.73 Å². The fraction of sp³-hybridized carbons (Fsp3) is 0. The van der Waals surface area contributed by atoms with Crippen LogP contribution < -0.4 is 5.73 Å². The molecule has 3 nitrogen and oxygen atoms in total. The predicted octanol–water partition coefficient (Wildman–Crippen LogP) is 0.258. The van der Waals surface area contributed by atoms with Crippen LogP contribution in [0.3, 0.4) is 0 Å². The maximum Gasteiger partial charge on any atom is 0.226 e. The van der Waals surface area contributed by atoms with Gasteiger partial charge in [-0.15, -0.1) is 0 Å². The SMILES string of the molecule is NC(=O)[CH]c1ccncc1F. The first-order chi connectivity index (χ1) is 5.20. The van der Waals surface area contributed by atoms with Gasteiger partial charge < -0.3 is 5.73 Å². The molecule has 0 saturated carbocycles.